The summed E-state index contributed by atoms with van der Waals surface area (Å²) in [7, 11) is 0. The largest absolute Gasteiger partial charge is 0.290 e. The van der Waals surface area contributed by atoms with E-state index in [0.717, 1.165) is 19.5 Å². The molecule has 0 aliphatic carbocycles. The Labute approximate surface area is 149 Å². The molecule has 2 aromatic carbocycles. The number of amides is 2. The molecule has 1 heterocycles. The Morgan fingerprint density at radius 1 is 1.00 bits per heavy atom. The first-order chi connectivity index (χ1) is 11.6. The van der Waals surface area contributed by atoms with E-state index in [9.17, 15) is 9.59 Å². The average Bonchev–Trinajstić information content (AvgIpc) is 2.60. The molecule has 0 fully saturated rings. The molecule has 2 amide bonds. The summed E-state index contributed by atoms with van der Waals surface area (Å²) in [4.78, 5) is 26.2. The number of nitrogens with one attached hydrogen (secondary N) is 2. The van der Waals surface area contributed by atoms with Crippen molar-refractivity contribution in [1.29, 1.82) is 0 Å². The van der Waals surface area contributed by atoms with Crippen LogP contribution in [0.5, 0.6) is 0 Å². The number of halogens is 1. The van der Waals surface area contributed by atoms with Crippen LogP contribution in [0.15, 0.2) is 53.0 Å². The lowest BCUT2D eigenvalue weighted by atomic mass is 10.00. The summed E-state index contributed by atoms with van der Waals surface area (Å²) >= 11 is 3.32. The molecule has 0 atom stereocenters. The van der Waals surface area contributed by atoms with E-state index in [-0.39, 0.29) is 18.4 Å². The van der Waals surface area contributed by atoms with Gasteiger partial charge < -0.3 is 0 Å². The first kappa shape index (κ1) is 16.7. The quantitative estimate of drug-likeness (QED) is 0.794. The van der Waals surface area contributed by atoms with Crippen LogP contribution in [0, 0.1) is 0 Å². The van der Waals surface area contributed by atoms with Gasteiger partial charge in [0.1, 0.15) is 0 Å². The predicted octanol–water partition coefficient (Wildman–Crippen LogP) is 2.27. The molecule has 24 heavy (non-hydrogen) atoms. The van der Waals surface area contributed by atoms with E-state index >= 15 is 0 Å². The molecule has 0 spiro atoms. The van der Waals surface area contributed by atoms with Gasteiger partial charge in [0.2, 0.25) is 0 Å². The van der Waals surface area contributed by atoms with Crippen LogP contribution in [0.2, 0.25) is 0 Å². The van der Waals surface area contributed by atoms with Crippen molar-refractivity contribution in [3.63, 3.8) is 0 Å². The maximum atomic E-state index is 12.1. The van der Waals surface area contributed by atoms with Crippen molar-refractivity contribution in [2.24, 2.45) is 0 Å². The maximum Gasteiger partial charge on any atom is 0.270 e. The molecule has 2 aromatic rings. The van der Waals surface area contributed by atoms with Gasteiger partial charge in [0, 0.05) is 17.6 Å². The molecule has 0 aromatic heterocycles. The third-order valence-corrected chi connectivity index (χ3v) is 4.70. The Kier molecular flexibility index (Phi) is 5.27. The first-order valence-electron chi connectivity index (χ1n) is 7.76. The first-order valence-corrected chi connectivity index (χ1v) is 8.55. The Balaban J connectivity index is 1.50. The third kappa shape index (κ3) is 4.01. The summed E-state index contributed by atoms with van der Waals surface area (Å²) < 4.78 is 0.685. The number of hydrazine groups is 1. The number of nitrogens with zero attached hydrogens (tertiary/aromatic N) is 1. The number of hydrogen-bond acceptors (Lipinski definition) is 3. The Bertz CT molecular complexity index is 763. The molecule has 5 nitrogen and oxygen atoms in total. The van der Waals surface area contributed by atoms with Crippen LogP contribution < -0.4 is 10.9 Å². The minimum Gasteiger partial charge on any atom is -0.290 e. The van der Waals surface area contributed by atoms with Gasteiger partial charge in [-0.1, -0.05) is 36.4 Å². The summed E-state index contributed by atoms with van der Waals surface area (Å²) in [5.41, 5.74) is 8.01. The number of rotatable bonds is 3. The topological polar surface area (TPSA) is 61.4 Å². The lowest BCUT2D eigenvalue weighted by Gasteiger charge is -2.28. The van der Waals surface area contributed by atoms with Crippen molar-refractivity contribution < 1.29 is 9.59 Å². The second-order valence-corrected chi connectivity index (χ2v) is 6.57. The van der Waals surface area contributed by atoms with Crippen molar-refractivity contribution in [2.45, 2.75) is 13.0 Å². The number of carbonyl (C=O) groups excluding carboxylic acids is 2. The number of carbonyl (C=O) groups is 2. The van der Waals surface area contributed by atoms with E-state index in [4.69, 9.17) is 0 Å². The van der Waals surface area contributed by atoms with Crippen molar-refractivity contribution in [1.82, 2.24) is 15.8 Å². The second-order valence-electron chi connectivity index (χ2n) is 5.71. The van der Waals surface area contributed by atoms with Gasteiger partial charge in [0.05, 0.1) is 12.1 Å². The zero-order chi connectivity index (χ0) is 16.9. The Morgan fingerprint density at radius 3 is 2.50 bits per heavy atom. The number of fused-ring (bicyclic) bond motifs is 1. The van der Waals surface area contributed by atoms with Crippen molar-refractivity contribution >= 4 is 27.7 Å². The van der Waals surface area contributed by atoms with Crippen LogP contribution in [0.25, 0.3) is 0 Å². The monoisotopic (exact) mass is 387 g/mol. The fourth-order valence-corrected chi connectivity index (χ4v) is 3.24. The van der Waals surface area contributed by atoms with Crippen LogP contribution in [-0.2, 0) is 17.8 Å². The zero-order valence-corrected chi connectivity index (χ0v) is 14.7. The van der Waals surface area contributed by atoms with Gasteiger partial charge in [0.25, 0.3) is 11.8 Å². The van der Waals surface area contributed by atoms with E-state index in [2.05, 4.69) is 43.8 Å². The van der Waals surface area contributed by atoms with Crippen LogP contribution in [-0.4, -0.2) is 29.8 Å². The molecule has 6 heteroatoms. The summed E-state index contributed by atoms with van der Waals surface area (Å²) in [6, 6.07) is 15.3. The van der Waals surface area contributed by atoms with Crippen molar-refractivity contribution in [3.8, 4) is 0 Å². The molecule has 2 N–H and O–H groups in total. The van der Waals surface area contributed by atoms with Crippen LogP contribution in [0.3, 0.4) is 0 Å². The van der Waals surface area contributed by atoms with Gasteiger partial charge in [-0.15, -0.1) is 0 Å². The second kappa shape index (κ2) is 7.59. The minimum atomic E-state index is -0.347. The lowest BCUT2D eigenvalue weighted by molar-refractivity contribution is -0.123. The fraction of sp³-hybridized carbons (Fsp3) is 0.222. The molecule has 0 unspecified atom stereocenters. The average molecular weight is 388 g/mol. The van der Waals surface area contributed by atoms with E-state index in [1.807, 2.05) is 18.2 Å². The fourth-order valence-electron chi connectivity index (χ4n) is 2.77. The summed E-state index contributed by atoms with van der Waals surface area (Å²) in [5, 5.41) is 0. The number of benzene rings is 2. The van der Waals surface area contributed by atoms with Gasteiger partial charge in [-0.05, 0) is 45.6 Å². The highest BCUT2D eigenvalue weighted by molar-refractivity contribution is 9.10. The molecular weight excluding hydrogens is 370 g/mol. The van der Waals surface area contributed by atoms with Crippen molar-refractivity contribution in [3.05, 3.63) is 69.7 Å². The molecule has 0 saturated heterocycles. The number of hydrogen-bond donors (Lipinski definition) is 2. The Morgan fingerprint density at radius 2 is 1.71 bits per heavy atom. The van der Waals surface area contributed by atoms with E-state index in [0.29, 0.717) is 10.0 Å². The molecule has 0 saturated carbocycles. The van der Waals surface area contributed by atoms with Gasteiger partial charge >= 0.3 is 0 Å². The van der Waals surface area contributed by atoms with Gasteiger partial charge in [-0.25, -0.2) is 0 Å². The molecule has 1 aliphatic heterocycles. The zero-order valence-electron chi connectivity index (χ0n) is 13.1. The van der Waals surface area contributed by atoms with E-state index < -0.39 is 0 Å². The van der Waals surface area contributed by atoms with Crippen LogP contribution in [0.1, 0.15) is 21.5 Å². The Hall–Kier alpha value is -2.18. The van der Waals surface area contributed by atoms with Crippen LogP contribution in [0.4, 0.5) is 0 Å². The lowest BCUT2D eigenvalue weighted by Crippen LogP contribution is -2.47. The highest BCUT2D eigenvalue weighted by Gasteiger charge is 2.18. The van der Waals surface area contributed by atoms with Gasteiger partial charge in [0.15, 0.2) is 0 Å². The molecule has 1 aliphatic rings. The SMILES string of the molecule is O=C(CN1CCc2ccccc2C1)NNC(=O)c1ccccc1Br. The standard InChI is InChI=1S/C18H18BrN3O2/c19-16-8-4-3-7-15(16)18(24)21-20-17(23)12-22-10-9-13-5-1-2-6-14(13)11-22/h1-8H,9-12H2,(H,20,23)(H,21,24). The van der Waals surface area contributed by atoms with E-state index in [1.165, 1.54) is 11.1 Å². The molecule has 124 valence electrons. The predicted molar refractivity (Wildman–Crippen MR) is 95.2 cm³/mol. The summed E-state index contributed by atoms with van der Waals surface area (Å²) in [5.74, 6) is -0.574. The highest BCUT2D eigenvalue weighted by Crippen LogP contribution is 2.18. The highest BCUT2D eigenvalue weighted by atomic mass is 79.9. The van der Waals surface area contributed by atoms with Crippen LogP contribution >= 0.6 is 15.9 Å². The summed E-state index contributed by atoms with van der Waals surface area (Å²) in [6.45, 7) is 1.84. The van der Waals surface area contributed by atoms with Gasteiger partial charge in [-0.3, -0.25) is 25.3 Å². The molecule has 0 bridgehead atoms. The maximum absolute atomic E-state index is 12.1. The van der Waals surface area contributed by atoms with Gasteiger partial charge in [-0.2, -0.15) is 0 Å². The molecule has 3 rings (SSSR count). The van der Waals surface area contributed by atoms with Crippen molar-refractivity contribution in [2.75, 3.05) is 13.1 Å². The normalized spacial score (nSPS) is 13.9. The smallest absolute Gasteiger partial charge is 0.270 e. The summed E-state index contributed by atoms with van der Waals surface area (Å²) in [6.07, 6.45) is 0.937. The minimum absolute atomic E-state index is 0.227. The van der Waals surface area contributed by atoms with E-state index in [1.54, 1.807) is 18.2 Å². The molecule has 0 radical (unpaired) electrons. The molecular formula is C18H18BrN3O2. The third-order valence-electron chi connectivity index (χ3n) is 4.01.